The van der Waals surface area contributed by atoms with E-state index in [1.165, 1.54) is 0 Å². The van der Waals surface area contributed by atoms with E-state index in [9.17, 15) is 4.79 Å². The Morgan fingerprint density at radius 1 is 1.28 bits per heavy atom. The fraction of sp³-hybridized carbons (Fsp3) is 0.350. The lowest BCUT2D eigenvalue weighted by Gasteiger charge is -2.28. The van der Waals surface area contributed by atoms with Crippen LogP contribution in [0.2, 0.25) is 0 Å². The quantitative estimate of drug-likeness (QED) is 0.670. The Bertz CT molecular complexity index is 646. The summed E-state index contributed by atoms with van der Waals surface area (Å²) < 4.78 is 11.0. The zero-order valence-corrected chi connectivity index (χ0v) is 14.9. The van der Waals surface area contributed by atoms with E-state index in [1.54, 1.807) is 36.6 Å². The number of carbonyl (C=O) groups excluding carboxylic acids is 1. The third-order valence-corrected chi connectivity index (χ3v) is 4.07. The van der Waals surface area contributed by atoms with Crippen LogP contribution in [-0.4, -0.2) is 37.0 Å². The summed E-state index contributed by atoms with van der Waals surface area (Å²) in [4.78, 5) is 14.7. The van der Waals surface area contributed by atoms with Crippen molar-refractivity contribution in [1.29, 1.82) is 0 Å². The van der Waals surface area contributed by atoms with Crippen LogP contribution in [0.15, 0.2) is 59.7 Å². The van der Waals surface area contributed by atoms with Gasteiger partial charge in [0.25, 0.3) is 5.91 Å². The van der Waals surface area contributed by atoms with Gasteiger partial charge in [0.2, 0.25) is 0 Å². The van der Waals surface area contributed by atoms with E-state index >= 15 is 0 Å². The van der Waals surface area contributed by atoms with Crippen LogP contribution in [0.5, 0.6) is 5.75 Å². The third-order valence-electron chi connectivity index (χ3n) is 4.07. The Hall–Kier alpha value is -2.53. The van der Waals surface area contributed by atoms with E-state index in [4.69, 9.17) is 9.15 Å². The molecule has 5 heteroatoms. The lowest BCUT2D eigenvalue weighted by atomic mass is 10.1. The molecular formula is C20H26N2O3. The summed E-state index contributed by atoms with van der Waals surface area (Å²) >= 11 is 0. The molecule has 0 unspecified atom stereocenters. The topological polar surface area (TPSA) is 54.7 Å². The highest BCUT2D eigenvalue weighted by Crippen LogP contribution is 2.20. The van der Waals surface area contributed by atoms with Crippen LogP contribution in [0.25, 0.3) is 0 Å². The zero-order valence-electron chi connectivity index (χ0n) is 14.9. The van der Waals surface area contributed by atoms with E-state index in [2.05, 4.69) is 30.6 Å². The summed E-state index contributed by atoms with van der Waals surface area (Å²) in [7, 11) is 0. The zero-order chi connectivity index (χ0) is 18.1. The minimum atomic E-state index is -0.112. The third kappa shape index (κ3) is 5.22. The molecule has 0 bridgehead atoms. The Morgan fingerprint density at radius 3 is 2.56 bits per heavy atom. The highest BCUT2D eigenvalue weighted by Gasteiger charge is 2.21. The van der Waals surface area contributed by atoms with Gasteiger partial charge in [-0.25, -0.2) is 0 Å². The molecule has 1 atom stereocenters. The van der Waals surface area contributed by atoms with Crippen LogP contribution < -0.4 is 10.1 Å². The van der Waals surface area contributed by atoms with E-state index < -0.39 is 0 Å². The van der Waals surface area contributed by atoms with Gasteiger partial charge in [0.15, 0.2) is 0 Å². The van der Waals surface area contributed by atoms with Crippen molar-refractivity contribution >= 4 is 5.91 Å². The number of carbonyl (C=O) groups is 1. The predicted octanol–water partition coefficient (Wildman–Crippen LogP) is 3.66. The SMILES string of the molecule is C=CCOc1ccc(C(=O)NC[C@H](c2ccco2)N(CC)CC)cc1. The Balaban J connectivity index is 1.99. The summed E-state index contributed by atoms with van der Waals surface area (Å²) in [6.45, 7) is 10.5. The van der Waals surface area contributed by atoms with Crippen molar-refractivity contribution in [3.63, 3.8) is 0 Å². The van der Waals surface area contributed by atoms with Gasteiger partial charge in [-0.3, -0.25) is 9.69 Å². The summed E-state index contributed by atoms with van der Waals surface area (Å²) in [6, 6.07) is 10.9. The van der Waals surface area contributed by atoms with Crippen molar-refractivity contribution in [3.05, 3.63) is 66.6 Å². The van der Waals surface area contributed by atoms with E-state index in [-0.39, 0.29) is 11.9 Å². The van der Waals surface area contributed by atoms with Crippen LogP contribution in [0.1, 0.15) is 36.0 Å². The first kappa shape index (κ1) is 18.8. The molecule has 2 rings (SSSR count). The van der Waals surface area contributed by atoms with Crippen molar-refractivity contribution in [2.24, 2.45) is 0 Å². The molecule has 1 aromatic heterocycles. The highest BCUT2D eigenvalue weighted by atomic mass is 16.5. The number of nitrogens with one attached hydrogen (secondary N) is 1. The number of ether oxygens (including phenoxy) is 1. The Kier molecular flexibility index (Phi) is 7.29. The molecule has 0 aliphatic carbocycles. The second kappa shape index (κ2) is 9.69. The summed E-state index contributed by atoms with van der Waals surface area (Å²) in [6.07, 6.45) is 3.35. The number of rotatable bonds is 10. The number of furan rings is 1. The summed E-state index contributed by atoms with van der Waals surface area (Å²) in [5, 5.41) is 3.00. The molecule has 0 aliphatic heterocycles. The molecule has 0 saturated carbocycles. The first-order valence-electron chi connectivity index (χ1n) is 8.59. The number of likely N-dealkylation sites (N-methyl/N-ethyl adjacent to an activating group) is 1. The monoisotopic (exact) mass is 342 g/mol. The van der Waals surface area contributed by atoms with Gasteiger partial charge >= 0.3 is 0 Å². The van der Waals surface area contributed by atoms with E-state index in [0.29, 0.717) is 24.5 Å². The van der Waals surface area contributed by atoms with E-state index in [0.717, 1.165) is 18.8 Å². The maximum absolute atomic E-state index is 12.4. The summed E-state index contributed by atoms with van der Waals surface area (Å²) in [5.41, 5.74) is 0.601. The predicted molar refractivity (Wildman–Crippen MR) is 98.8 cm³/mol. The number of amides is 1. The van der Waals surface area contributed by atoms with Gasteiger partial charge in [0.1, 0.15) is 18.1 Å². The summed E-state index contributed by atoms with van der Waals surface area (Å²) in [5.74, 6) is 1.46. The van der Waals surface area contributed by atoms with Crippen molar-refractivity contribution in [2.45, 2.75) is 19.9 Å². The van der Waals surface area contributed by atoms with Crippen molar-refractivity contribution in [1.82, 2.24) is 10.2 Å². The Morgan fingerprint density at radius 2 is 2.00 bits per heavy atom. The standard InChI is InChI=1S/C20H26N2O3/c1-4-13-24-17-11-9-16(10-12-17)20(23)21-15-18(22(5-2)6-3)19-8-7-14-25-19/h4,7-12,14,18H,1,5-6,13,15H2,2-3H3,(H,21,23)/t18-/m1/s1. The minimum Gasteiger partial charge on any atom is -0.490 e. The molecule has 1 N–H and O–H groups in total. The van der Waals surface area contributed by atoms with Crippen molar-refractivity contribution in [2.75, 3.05) is 26.2 Å². The van der Waals surface area contributed by atoms with Crippen molar-refractivity contribution < 1.29 is 13.9 Å². The normalized spacial score (nSPS) is 12.0. The lowest BCUT2D eigenvalue weighted by molar-refractivity contribution is 0.0929. The van der Waals surface area contributed by atoms with Crippen LogP contribution in [0, 0.1) is 0 Å². The van der Waals surface area contributed by atoms with Crippen LogP contribution in [0.4, 0.5) is 0 Å². The van der Waals surface area contributed by atoms with Gasteiger partial charge in [0, 0.05) is 12.1 Å². The Labute approximate surface area is 149 Å². The second-order valence-corrected chi connectivity index (χ2v) is 5.59. The van der Waals surface area contributed by atoms with Gasteiger partial charge in [-0.05, 0) is 49.5 Å². The first-order valence-corrected chi connectivity index (χ1v) is 8.59. The number of nitrogens with zero attached hydrogens (tertiary/aromatic N) is 1. The molecule has 1 heterocycles. The average molecular weight is 342 g/mol. The fourth-order valence-electron chi connectivity index (χ4n) is 2.70. The second-order valence-electron chi connectivity index (χ2n) is 5.59. The number of hydrogen-bond donors (Lipinski definition) is 1. The number of benzene rings is 1. The highest BCUT2D eigenvalue weighted by molar-refractivity contribution is 5.94. The molecule has 0 fully saturated rings. The lowest BCUT2D eigenvalue weighted by Crippen LogP contribution is -2.37. The van der Waals surface area contributed by atoms with E-state index in [1.807, 2.05) is 12.1 Å². The van der Waals surface area contributed by atoms with Crippen LogP contribution in [0.3, 0.4) is 0 Å². The molecule has 2 aromatic rings. The maximum Gasteiger partial charge on any atom is 0.251 e. The van der Waals surface area contributed by atoms with Gasteiger partial charge in [-0.2, -0.15) is 0 Å². The van der Waals surface area contributed by atoms with Crippen LogP contribution in [-0.2, 0) is 0 Å². The molecule has 134 valence electrons. The molecule has 5 nitrogen and oxygen atoms in total. The molecule has 1 amide bonds. The molecule has 0 radical (unpaired) electrons. The number of hydrogen-bond acceptors (Lipinski definition) is 4. The molecule has 1 aromatic carbocycles. The molecule has 0 aliphatic rings. The van der Waals surface area contributed by atoms with Gasteiger partial charge in [-0.15, -0.1) is 0 Å². The molecule has 25 heavy (non-hydrogen) atoms. The minimum absolute atomic E-state index is 0.0177. The van der Waals surface area contributed by atoms with Crippen molar-refractivity contribution in [3.8, 4) is 5.75 Å². The first-order chi connectivity index (χ1) is 12.2. The molecule has 0 spiro atoms. The largest absolute Gasteiger partial charge is 0.490 e. The molecule has 0 saturated heterocycles. The molecular weight excluding hydrogens is 316 g/mol. The average Bonchev–Trinajstić information content (AvgIpc) is 3.18. The van der Waals surface area contributed by atoms with Crippen LogP contribution >= 0.6 is 0 Å². The maximum atomic E-state index is 12.4. The fourth-order valence-corrected chi connectivity index (χ4v) is 2.70. The smallest absolute Gasteiger partial charge is 0.251 e. The van der Waals surface area contributed by atoms with Gasteiger partial charge in [-0.1, -0.05) is 26.5 Å². The van der Waals surface area contributed by atoms with Gasteiger partial charge in [0.05, 0.1) is 12.3 Å². The van der Waals surface area contributed by atoms with Gasteiger partial charge < -0.3 is 14.5 Å².